The molecule has 6 heteroatoms. The smallest absolute Gasteiger partial charge is 0.306 e. The van der Waals surface area contributed by atoms with Gasteiger partial charge in [-0.3, -0.25) is 14.4 Å². The van der Waals surface area contributed by atoms with Gasteiger partial charge in [0.15, 0.2) is 6.10 Å². The lowest BCUT2D eigenvalue weighted by Gasteiger charge is -2.18. The maximum atomic E-state index is 12.8. The first-order valence-corrected chi connectivity index (χ1v) is 26.1. The van der Waals surface area contributed by atoms with E-state index in [0.717, 1.165) is 116 Å². The Morgan fingerprint density at radius 1 is 0.338 bits per heavy atom. The van der Waals surface area contributed by atoms with Crippen LogP contribution in [-0.4, -0.2) is 37.2 Å². The highest BCUT2D eigenvalue weighted by molar-refractivity contribution is 5.71. The number of allylic oxidation sites excluding steroid dienone is 20. The zero-order valence-electron chi connectivity index (χ0n) is 41.7. The van der Waals surface area contributed by atoms with Crippen LogP contribution in [0.5, 0.6) is 0 Å². The zero-order chi connectivity index (χ0) is 47.2. The molecule has 0 rings (SSSR count). The van der Waals surface area contributed by atoms with Crippen LogP contribution < -0.4 is 0 Å². The summed E-state index contributed by atoms with van der Waals surface area (Å²) < 4.78 is 16.7. The Labute approximate surface area is 399 Å². The van der Waals surface area contributed by atoms with E-state index in [1.165, 1.54) is 51.4 Å². The van der Waals surface area contributed by atoms with Gasteiger partial charge in [-0.05, 0) is 89.9 Å². The van der Waals surface area contributed by atoms with Crippen molar-refractivity contribution in [3.8, 4) is 0 Å². The van der Waals surface area contributed by atoms with Crippen molar-refractivity contribution in [2.75, 3.05) is 13.2 Å². The number of hydrogen-bond donors (Lipinski definition) is 0. The van der Waals surface area contributed by atoms with Gasteiger partial charge in [0.2, 0.25) is 0 Å². The molecule has 0 aliphatic carbocycles. The fourth-order valence-corrected chi connectivity index (χ4v) is 6.74. The van der Waals surface area contributed by atoms with Crippen LogP contribution >= 0.6 is 0 Å². The molecule has 65 heavy (non-hydrogen) atoms. The van der Waals surface area contributed by atoms with Crippen LogP contribution in [0.4, 0.5) is 0 Å². The van der Waals surface area contributed by atoms with E-state index in [1.54, 1.807) is 0 Å². The lowest BCUT2D eigenvalue weighted by atomic mass is 10.1. The molecule has 0 heterocycles. The molecule has 6 nitrogen and oxygen atoms in total. The highest BCUT2D eigenvalue weighted by Crippen LogP contribution is 2.13. The third-order valence-corrected chi connectivity index (χ3v) is 10.6. The Hall–Kier alpha value is -4.19. The summed E-state index contributed by atoms with van der Waals surface area (Å²) in [4.78, 5) is 38.0. The average molecular weight is 899 g/mol. The van der Waals surface area contributed by atoms with Gasteiger partial charge in [0, 0.05) is 19.3 Å². The van der Waals surface area contributed by atoms with Crippen molar-refractivity contribution in [3.63, 3.8) is 0 Å². The van der Waals surface area contributed by atoms with Gasteiger partial charge in [-0.1, -0.05) is 226 Å². The summed E-state index contributed by atoms with van der Waals surface area (Å²) >= 11 is 0. The number of carbonyl (C=O) groups excluding carboxylic acids is 3. The van der Waals surface area contributed by atoms with Crippen molar-refractivity contribution in [2.24, 2.45) is 0 Å². The Morgan fingerprint density at radius 3 is 1.14 bits per heavy atom. The molecule has 0 spiro atoms. The second kappa shape index (κ2) is 52.4. The van der Waals surface area contributed by atoms with Crippen molar-refractivity contribution >= 4 is 17.9 Å². The zero-order valence-corrected chi connectivity index (χ0v) is 41.7. The van der Waals surface area contributed by atoms with Gasteiger partial charge in [0.25, 0.3) is 0 Å². The molecule has 1 unspecified atom stereocenters. The molecule has 0 aromatic rings. The van der Waals surface area contributed by atoms with Crippen molar-refractivity contribution in [2.45, 2.75) is 219 Å². The SMILES string of the molecule is CC\C=C/C=C\C=C/C=C\C=C\C=C/CCCCCC(=O)OC(COC(=O)CCCCCCC/C=C\C=C/CCCCCCCCC)COC(=O)CCCCCCC/C=C\C/C=C\CC. The molecule has 0 saturated carbocycles. The average Bonchev–Trinajstić information content (AvgIpc) is 3.30. The molecule has 0 fully saturated rings. The molecule has 0 bridgehead atoms. The maximum absolute atomic E-state index is 12.8. The summed E-state index contributed by atoms with van der Waals surface area (Å²) in [7, 11) is 0. The topological polar surface area (TPSA) is 78.9 Å². The monoisotopic (exact) mass is 899 g/mol. The summed E-state index contributed by atoms with van der Waals surface area (Å²) in [6.45, 7) is 6.30. The first-order valence-electron chi connectivity index (χ1n) is 26.1. The molecule has 0 aliphatic rings. The largest absolute Gasteiger partial charge is 0.462 e. The van der Waals surface area contributed by atoms with E-state index in [2.05, 4.69) is 81.5 Å². The van der Waals surface area contributed by atoms with E-state index in [-0.39, 0.29) is 37.5 Å². The predicted molar refractivity (Wildman–Crippen MR) is 279 cm³/mol. The number of esters is 3. The maximum Gasteiger partial charge on any atom is 0.306 e. The lowest BCUT2D eigenvalue weighted by molar-refractivity contribution is -0.167. The third-order valence-electron chi connectivity index (χ3n) is 10.6. The predicted octanol–water partition coefficient (Wildman–Crippen LogP) is 17.3. The molecule has 0 amide bonds. The van der Waals surface area contributed by atoms with Crippen LogP contribution in [0.2, 0.25) is 0 Å². The Morgan fingerprint density at radius 2 is 0.677 bits per heavy atom. The second-order valence-corrected chi connectivity index (χ2v) is 16.8. The highest BCUT2D eigenvalue weighted by Gasteiger charge is 2.19. The minimum Gasteiger partial charge on any atom is -0.462 e. The Kier molecular flexibility index (Phi) is 49.1. The van der Waals surface area contributed by atoms with Gasteiger partial charge in [0.05, 0.1) is 0 Å². The standard InChI is InChI=1S/C59H94O6/c1-4-7-10-13-16-19-22-25-27-29-31-32-34-37-40-43-46-49-52-58(61)64-55-56(54-63-57(60)51-48-45-42-39-36-24-21-18-15-12-9-6-3)65-59(62)53-50-47-44-41-38-35-33-30-28-26-23-20-17-14-11-8-5-2/h8-9,11-12,14,17-18,20-21,23,26-33,35,38,56H,4-7,10,13,15-16,19,22,24-25,34,36-37,39-55H2,1-3H3/b11-8-,12-9-,17-14-,21-18-,23-20-,28-26-,29-27-,32-31-,33-30+,38-35-. The highest BCUT2D eigenvalue weighted by atomic mass is 16.6. The first kappa shape index (κ1) is 60.8. The van der Waals surface area contributed by atoms with Gasteiger partial charge in [-0.2, -0.15) is 0 Å². The minimum absolute atomic E-state index is 0.113. The van der Waals surface area contributed by atoms with Crippen molar-refractivity contribution in [1.29, 1.82) is 0 Å². The molecular weight excluding hydrogens is 805 g/mol. The normalized spacial score (nSPS) is 13.1. The van der Waals surface area contributed by atoms with Gasteiger partial charge < -0.3 is 14.2 Å². The molecule has 0 aromatic heterocycles. The molecule has 0 aliphatic heterocycles. The number of ether oxygens (including phenoxy) is 3. The van der Waals surface area contributed by atoms with Crippen LogP contribution in [0.1, 0.15) is 213 Å². The van der Waals surface area contributed by atoms with Gasteiger partial charge >= 0.3 is 17.9 Å². The van der Waals surface area contributed by atoms with Crippen LogP contribution in [0.25, 0.3) is 0 Å². The number of unbranched alkanes of at least 4 members (excludes halogenated alkanes) is 20. The van der Waals surface area contributed by atoms with E-state index in [1.807, 2.05) is 60.8 Å². The van der Waals surface area contributed by atoms with Gasteiger partial charge in [-0.15, -0.1) is 0 Å². The lowest BCUT2D eigenvalue weighted by Crippen LogP contribution is -2.30. The fraction of sp³-hybridized carbons (Fsp3) is 0.610. The summed E-state index contributed by atoms with van der Waals surface area (Å²) in [6, 6.07) is 0. The third kappa shape index (κ3) is 50.7. The summed E-state index contributed by atoms with van der Waals surface area (Å²) in [5.74, 6) is -0.993. The number of rotatable bonds is 45. The molecule has 366 valence electrons. The van der Waals surface area contributed by atoms with E-state index >= 15 is 0 Å². The van der Waals surface area contributed by atoms with Crippen molar-refractivity contribution in [3.05, 3.63) is 122 Å². The Bertz CT molecular complexity index is 1400. The van der Waals surface area contributed by atoms with Gasteiger partial charge in [0.1, 0.15) is 13.2 Å². The van der Waals surface area contributed by atoms with Crippen LogP contribution in [0, 0.1) is 0 Å². The summed E-state index contributed by atoms with van der Waals surface area (Å²) in [5.41, 5.74) is 0. The minimum atomic E-state index is -0.817. The van der Waals surface area contributed by atoms with E-state index in [0.29, 0.717) is 19.3 Å². The molecule has 0 radical (unpaired) electrons. The quantitative estimate of drug-likeness (QED) is 0.0199. The van der Waals surface area contributed by atoms with Crippen molar-refractivity contribution < 1.29 is 28.6 Å². The molecule has 0 N–H and O–H groups in total. The summed E-state index contributed by atoms with van der Waals surface area (Å²) in [5, 5.41) is 0. The molecule has 0 saturated heterocycles. The summed E-state index contributed by atoms with van der Waals surface area (Å²) in [6.07, 6.45) is 71.8. The number of hydrogen-bond acceptors (Lipinski definition) is 6. The van der Waals surface area contributed by atoms with E-state index < -0.39 is 6.10 Å². The fourth-order valence-electron chi connectivity index (χ4n) is 6.74. The van der Waals surface area contributed by atoms with Crippen LogP contribution in [0.15, 0.2) is 122 Å². The number of carbonyl (C=O) groups is 3. The van der Waals surface area contributed by atoms with E-state index in [4.69, 9.17) is 14.2 Å². The first-order chi connectivity index (χ1) is 32.0. The van der Waals surface area contributed by atoms with Crippen LogP contribution in [0.3, 0.4) is 0 Å². The molecular formula is C59H94O6. The van der Waals surface area contributed by atoms with Gasteiger partial charge in [-0.25, -0.2) is 0 Å². The molecule has 1 atom stereocenters. The Balaban J connectivity index is 4.53. The van der Waals surface area contributed by atoms with E-state index in [9.17, 15) is 14.4 Å². The molecule has 0 aromatic carbocycles. The second-order valence-electron chi connectivity index (χ2n) is 16.8. The van der Waals surface area contributed by atoms with Crippen molar-refractivity contribution in [1.82, 2.24) is 0 Å². The van der Waals surface area contributed by atoms with Crippen LogP contribution in [-0.2, 0) is 28.6 Å².